The van der Waals surface area contributed by atoms with Gasteiger partial charge in [0, 0.05) is 21.6 Å². The first-order valence-electron chi connectivity index (χ1n) is 8.37. The Balaban J connectivity index is 1.81. The van der Waals surface area contributed by atoms with E-state index in [1.54, 1.807) is 6.07 Å². The van der Waals surface area contributed by atoms with Gasteiger partial charge in [-0.1, -0.05) is 29.3 Å². The molecule has 5 heteroatoms. The van der Waals surface area contributed by atoms with Crippen LogP contribution in [0, 0.1) is 0 Å². The van der Waals surface area contributed by atoms with Crippen molar-refractivity contribution in [1.29, 1.82) is 0 Å². The van der Waals surface area contributed by atoms with Crippen molar-refractivity contribution >= 4 is 32.6 Å². The van der Waals surface area contributed by atoms with Crippen LogP contribution in [0.25, 0.3) is 11.0 Å². The van der Waals surface area contributed by atoms with Crippen LogP contribution < -0.4 is 15.3 Å². The van der Waals surface area contributed by atoms with Gasteiger partial charge in [-0.15, -0.1) is 0 Å². The van der Waals surface area contributed by atoms with E-state index in [2.05, 4.69) is 27.8 Å². The summed E-state index contributed by atoms with van der Waals surface area (Å²) in [5.41, 5.74) is 3.39. The first-order chi connectivity index (χ1) is 12.2. The molecule has 0 unspecified atom stereocenters. The molecule has 1 aromatic heterocycles. The zero-order chi connectivity index (χ0) is 17.4. The van der Waals surface area contributed by atoms with Crippen LogP contribution in [0.2, 0.25) is 0 Å². The average molecular weight is 400 g/mol. The third-order valence-electron chi connectivity index (χ3n) is 4.49. The van der Waals surface area contributed by atoms with Gasteiger partial charge in [0.1, 0.15) is 11.3 Å². The zero-order valence-corrected chi connectivity index (χ0v) is 15.5. The first-order valence-corrected chi connectivity index (χ1v) is 9.17. The van der Waals surface area contributed by atoms with Gasteiger partial charge in [-0.3, -0.25) is 0 Å². The van der Waals surface area contributed by atoms with Gasteiger partial charge < -0.3 is 14.1 Å². The van der Waals surface area contributed by atoms with Crippen molar-refractivity contribution < 1.29 is 9.15 Å². The van der Waals surface area contributed by atoms with Crippen LogP contribution in [0.3, 0.4) is 0 Å². The fourth-order valence-electron chi connectivity index (χ4n) is 3.29. The van der Waals surface area contributed by atoms with Crippen LogP contribution in [0.1, 0.15) is 24.5 Å². The number of ether oxygens (including phenoxy) is 1. The van der Waals surface area contributed by atoms with Crippen molar-refractivity contribution in [3.63, 3.8) is 0 Å². The van der Waals surface area contributed by atoms with E-state index in [4.69, 9.17) is 9.15 Å². The average Bonchev–Trinajstić information content (AvgIpc) is 2.62. The molecule has 0 spiro atoms. The maximum absolute atomic E-state index is 12.0. The van der Waals surface area contributed by atoms with Crippen LogP contribution in [0.4, 0.5) is 5.69 Å². The molecule has 0 fully saturated rings. The molecule has 0 amide bonds. The van der Waals surface area contributed by atoms with Crippen LogP contribution >= 0.6 is 15.9 Å². The Hall–Kier alpha value is -2.27. The van der Waals surface area contributed by atoms with Crippen molar-refractivity contribution in [2.45, 2.75) is 26.3 Å². The molecular formula is C20H18BrNO3. The number of hydrogen-bond donors (Lipinski definition) is 0. The van der Waals surface area contributed by atoms with E-state index >= 15 is 0 Å². The Morgan fingerprint density at radius 3 is 2.72 bits per heavy atom. The molecule has 2 aromatic carbocycles. The second kappa shape index (κ2) is 6.56. The Morgan fingerprint density at radius 2 is 1.96 bits per heavy atom. The number of fused-ring (bicyclic) bond motifs is 3. The largest absolute Gasteiger partial charge is 0.473 e. The number of rotatable bonds is 3. The number of hydrogen-bond acceptors (Lipinski definition) is 4. The molecule has 1 aliphatic heterocycles. The summed E-state index contributed by atoms with van der Waals surface area (Å²) in [7, 11) is 0. The number of nitrogens with zero attached hydrogens (tertiary/aromatic N) is 1. The van der Waals surface area contributed by atoms with Crippen LogP contribution in [0.5, 0.6) is 5.75 Å². The summed E-state index contributed by atoms with van der Waals surface area (Å²) in [4.78, 5) is 14.2. The second-order valence-electron chi connectivity index (χ2n) is 6.21. The maximum atomic E-state index is 12.0. The molecule has 4 rings (SSSR count). The van der Waals surface area contributed by atoms with Crippen molar-refractivity contribution in [3.05, 3.63) is 68.5 Å². The van der Waals surface area contributed by atoms with E-state index in [1.807, 2.05) is 36.4 Å². The molecule has 25 heavy (non-hydrogen) atoms. The smallest absolute Gasteiger partial charge is 0.336 e. The van der Waals surface area contributed by atoms with Crippen molar-refractivity contribution in [2.75, 3.05) is 11.6 Å². The molecule has 0 aliphatic carbocycles. The van der Waals surface area contributed by atoms with E-state index < -0.39 is 0 Å². The summed E-state index contributed by atoms with van der Waals surface area (Å²) >= 11 is 3.46. The van der Waals surface area contributed by atoms with Gasteiger partial charge in [0.25, 0.3) is 0 Å². The Bertz CT molecular complexity index is 979. The van der Waals surface area contributed by atoms with Gasteiger partial charge in [-0.25, -0.2) is 4.79 Å². The summed E-state index contributed by atoms with van der Waals surface area (Å²) in [6, 6.07) is 13.7. The van der Waals surface area contributed by atoms with Gasteiger partial charge in [-0.05, 0) is 48.4 Å². The summed E-state index contributed by atoms with van der Waals surface area (Å²) in [6.07, 6.45) is 1.84. The highest BCUT2D eigenvalue weighted by molar-refractivity contribution is 9.10. The van der Waals surface area contributed by atoms with Crippen LogP contribution in [-0.4, -0.2) is 6.73 Å². The molecule has 3 aromatic rings. The highest BCUT2D eigenvalue weighted by Crippen LogP contribution is 2.35. The molecule has 0 saturated carbocycles. The third-order valence-corrected chi connectivity index (χ3v) is 5.02. The zero-order valence-electron chi connectivity index (χ0n) is 13.9. The van der Waals surface area contributed by atoms with Crippen LogP contribution in [0.15, 0.2) is 56.1 Å². The fraction of sp³-hybridized carbons (Fsp3) is 0.250. The maximum Gasteiger partial charge on any atom is 0.336 e. The minimum atomic E-state index is -0.301. The number of anilines is 1. The van der Waals surface area contributed by atoms with Gasteiger partial charge in [0.2, 0.25) is 0 Å². The van der Waals surface area contributed by atoms with Gasteiger partial charge in [0.15, 0.2) is 6.73 Å². The van der Waals surface area contributed by atoms with Crippen molar-refractivity contribution in [3.8, 4) is 5.75 Å². The summed E-state index contributed by atoms with van der Waals surface area (Å²) in [5.74, 6) is 0.790. The molecule has 1 aliphatic rings. The van der Waals surface area contributed by atoms with Gasteiger partial charge in [0.05, 0.1) is 12.1 Å². The number of benzene rings is 2. The van der Waals surface area contributed by atoms with Crippen LogP contribution in [-0.2, 0) is 13.0 Å². The van der Waals surface area contributed by atoms with E-state index in [9.17, 15) is 4.79 Å². The van der Waals surface area contributed by atoms with Crippen molar-refractivity contribution in [2.24, 2.45) is 0 Å². The minimum Gasteiger partial charge on any atom is -0.473 e. The minimum absolute atomic E-state index is 0.301. The molecule has 0 N–H and O–H groups in total. The summed E-state index contributed by atoms with van der Waals surface area (Å²) in [5, 5.41) is 1.00. The topological polar surface area (TPSA) is 42.7 Å². The summed E-state index contributed by atoms with van der Waals surface area (Å²) in [6.45, 7) is 3.23. The molecule has 128 valence electrons. The predicted molar refractivity (Wildman–Crippen MR) is 102 cm³/mol. The highest BCUT2D eigenvalue weighted by Gasteiger charge is 2.22. The van der Waals surface area contributed by atoms with Crippen molar-refractivity contribution in [1.82, 2.24) is 0 Å². The highest BCUT2D eigenvalue weighted by atomic mass is 79.9. The molecule has 4 nitrogen and oxygen atoms in total. The number of aryl methyl sites for hydroxylation is 1. The standard InChI is InChI=1S/C20H18BrNO3/c1-2-3-13-10-19(23)25-20-16(13)8-9-18-17(20)11-22(12-24-18)15-6-4-14(21)5-7-15/h4-10H,2-3,11-12H2,1H3. The first kappa shape index (κ1) is 16.2. The molecule has 0 bridgehead atoms. The predicted octanol–water partition coefficient (Wildman–Crippen LogP) is 4.86. The normalized spacial score (nSPS) is 13.6. The van der Waals surface area contributed by atoms with Gasteiger partial charge in [-0.2, -0.15) is 0 Å². The lowest BCUT2D eigenvalue weighted by atomic mass is 10.0. The molecule has 0 atom stereocenters. The lowest BCUT2D eigenvalue weighted by Gasteiger charge is -2.31. The number of halogens is 1. The van der Waals surface area contributed by atoms with Gasteiger partial charge >= 0.3 is 5.63 Å². The quantitative estimate of drug-likeness (QED) is 0.589. The fourth-order valence-corrected chi connectivity index (χ4v) is 3.56. The SMILES string of the molecule is CCCc1cc(=O)oc2c3c(ccc12)OCN(c1ccc(Br)cc1)C3. The van der Waals surface area contributed by atoms with E-state index in [1.165, 1.54) is 0 Å². The Morgan fingerprint density at radius 1 is 1.16 bits per heavy atom. The lowest BCUT2D eigenvalue weighted by molar-refractivity contribution is 0.289. The second-order valence-corrected chi connectivity index (χ2v) is 7.12. The third kappa shape index (κ3) is 3.04. The monoisotopic (exact) mass is 399 g/mol. The molecule has 2 heterocycles. The van der Waals surface area contributed by atoms with E-state index in [-0.39, 0.29) is 5.63 Å². The Labute approximate surface area is 154 Å². The lowest BCUT2D eigenvalue weighted by Crippen LogP contribution is -2.32. The molecule has 0 saturated heterocycles. The Kier molecular flexibility index (Phi) is 4.25. The summed E-state index contributed by atoms with van der Waals surface area (Å²) < 4.78 is 12.5. The molecule has 0 radical (unpaired) electrons. The van der Waals surface area contributed by atoms with E-state index in [0.717, 1.165) is 45.3 Å². The molecular weight excluding hydrogens is 382 g/mol. The van der Waals surface area contributed by atoms with E-state index in [0.29, 0.717) is 18.9 Å².